The first kappa shape index (κ1) is 15.4. The highest BCUT2D eigenvalue weighted by molar-refractivity contribution is 9.10. The molecule has 112 valence electrons. The molecule has 0 aliphatic rings. The summed E-state index contributed by atoms with van der Waals surface area (Å²) in [5.41, 5.74) is -0.607. The zero-order valence-corrected chi connectivity index (χ0v) is 12.9. The average molecular weight is 378 g/mol. The van der Waals surface area contributed by atoms with Crippen molar-refractivity contribution in [3.63, 3.8) is 0 Å². The molecule has 0 aliphatic heterocycles. The summed E-state index contributed by atoms with van der Waals surface area (Å²) < 4.78 is 42.0. The van der Waals surface area contributed by atoms with Gasteiger partial charge in [-0.15, -0.1) is 0 Å². The molecule has 0 aliphatic carbocycles. The number of rotatable bonds is 4. The molecule has 2 rings (SSSR count). The van der Waals surface area contributed by atoms with E-state index >= 15 is 0 Å². The van der Waals surface area contributed by atoms with Gasteiger partial charge >= 0.3 is 5.97 Å². The number of carbonyl (C=O) groups is 1. The summed E-state index contributed by atoms with van der Waals surface area (Å²) in [6.45, 7) is 0. The lowest BCUT2D eigenvalue weighted by atomic mass is 10.2. The number of aryl methyl sites for hydroxylation is 1. The summed E-state index contributed by atoms with van der Waals surface area (Å²) in [4.78, 5) is 10.2. The van der Waals surface area contributed by atoms with Crippen LogP contribution in [0.2, 0.25) is 0 Å². The molecule has 21 heavy (non-hydrogen) atoms. The molecule has 0 fully saturated rings. The Morgan fingerprint density at radius 2 is 2.14 bits per heavy atom. The average Bonchev–Trinajstić information content (AvgIpc) is 2.76. The van der Waals surface area contributed by atoms with Crippen molar-refractivity contribution in [3.05, 3.63) is 40.4 Å². The van der Waals surface area contributed by atoms with Crippen molar-refractivity contribution in [3.8, 4) is 0 Å². The Morgan fingerprint density at radius 1 is 1.48 bits per heavy atom. The van der Waals surface area contributed by atoms with Crippen molar-refractivity contribution < 1.29 is 22.7 Å². The van der Waals surface area contributed by atoms with Crippen molar-refractivity contribution in [2.75, 3.05) is 4.72 Å². The van der Waals surface area contributed by atoms with Crippen LogP contribution in [0.1, 0.15) is 10.4 Å². The van der Waals surface area contributed by atoms with Crippen LogP contribution < -0.4 is 4.72 Å². The lowest BCUT2D eigenvalue weighted by Crippen LogP contribution is -2.16. The second kappa shape index (κ2) is 5.45. The maximum Gasteiger partial charge on any atom is 0.338 e. The molecule has 0 radical (unpaired) electrons. The van der Waals surface area contributed by atoms with E-state index in [9.17, 15) is 17.6 Å². The maximum absolute atomic E-state index is 14.1. The van der Waals surface area contributed by atoms with Crippen LogP contribution in [0, 0.1) is 5.82 Å². The molecule has 0 spiro atoms. The van der Waals surface area contributed by atoms with Gasteiger partial charge in [-0.1, -0.05) is 15.9 Å². The van der Waals surface area contributed by atoms with Crippen molar-refractivity contribution in [1.29, 1.82) is 0 Å². The van der Waals surface area contributed by atoms with E-state index < -0.39 is 32.3 Å². The Labute approximate surface area is 127 Å². The third-order valence-electron chi connectivity index (χ3n) is 2.48. The fourth-order valence-corrected chi connectivity index (χ4v) is 3.36. The summed E-state index contributed by atoms with van der Waals surface area (Å²) >= 11 is 2.96. The number of sulfonamides is 1. The number of benzene rings is 1. The molecule has 0 atom stereocenters. The van der Waals surface area contributed by atoms with Gasteiger partial charge in [-0.3, -0.25) is 9.40 Å². The Kier molecular flexibility index (Phi) is 4.01. The van der Waals surface area contributed by atoms with Crippen LogP contribution in [0.5, 0.6) is 0 Å². The van der Waals surface area contributed by atoms with Crippen LogP contribution in [-0.4, -0.2) is 29.3 Å². The second-order valence-electron chi connectivity index (χ2n) is 4.08. The van der Waals surface area contributed by atoms with Gasteiger partial charge in [-0.25, -0.2) is 17.6 Å². The molecule has 0 saturated carbocycles. The van der Waals surface area contributed by atoms with Gasteiger partial charge in [-0.05, 0) is 12.1 Å². The lowest BCUT2D eigenvalue weighted by Gasteiger charge is -2.09. The molecule has 0 unspecified atom stereocenters. The SMILES string of the molecule is Cn1cc(NS(=O)(=O)c2cc(Br)cc(C(=O)O)c2F)cn1. The number of hydrogen-bond acceptors (Lipinski definition) is 4. The number of carboxylic acid groups (broad SMARTS) is 1. The summed E-state index contributed by atoms with van der Waals surface area (Å²) in [7, 11) is -2.70. The first-order chi connectivity index (χ1) is 9.70. The lowest BCUT2D eigenvalue weighted by molar-refractivity contribution is 0.0691. The van der Waals surface area contributed by atoms with Crippen molar-refractivity contribution in [2.24, 2.45) is 7.05 Å². The summed E-state index contributed by atoms with van der Waals surface area (Å²) in [6.07, 6.45) is 2.62. The van der Waals surface area contributed by atoms with E-state index in [4.69, 9.17) is 5.11 Å². The van der Waals surface area contributed by atoms with E-state index in [1.54, 1.807) is 7.05 Å². The number of carboxylic acids is 1. The number of nitrogens with one attached hydrogen (secondary N) is 1. The minimum absolute atomic E-state index is 0.132. The molecule has 1 aromatic heterocycles. The first-order valence-corrected chi connectivity index (χ1v) is 7.72. The van der Waals surface area contributed by atoms with E-state index in [1.165, 1.54) is 17.1 Å². The number of aromatic nitrogens is 2. The van der Waals surface area contributed by atoms with Crippen LogP contribution in [0.4, 0.5) is 10.1 Å². The van der Waals surface area contributed by atoms with Gasteiger partial charge in [0, 0.05) is 17.7 Å². The molecule has 7 nitrogen and oxygen atoms in total. The Hall–Kier alpha value is -1.94. The molecule has 2 aromatic rings. The van der Waals surface area contributed by atoms with Crippen molar-refractivity contribution >= 4 is 37.6 Å². The van der Waals surface area contributed by atoms with E-state index in [0.29, 0.717) is 0 Å². The molecule has 10 heteroatoms. The van der Waals surface area contributed by atoms with E-state index in [-0.39, 0.29) is 10.2 Å². The van der Waals surface area contributed by atoms with E-state index in [2.05, 4.69) is 25.8 Å². The number of hydrogen-bond donors (Lipinski definition) is 2. The van der Waals surface area contributed by atoms with Gasteiger partial charge in [0.15, 0.2) is 5.82 Å². The van der Waals surface area contributed by atoms with Gasteiger partial charge in [0.05, 0.1) is 17.4 Å². The molecular weight excluding hydrogens is 369 g/mol. The highest BCUT2D eigenvalue weighted by Crippen LogP contribution is 2.25. The molecule has 0 bridgehead atoms. The Balaban J connectivity index is 2.52. The predicted molar refractivity (Wildman–Crippen MR) is 75.1 cm³/mol. The van der Waals surface area contributed by atoms with Crippen LogP contribution in [0.25, 0.3) is 0 Å². The predicted octanol–water partition coefficient (Wildman–Crippen LogP) is 1.82. The normalized spacial score (nSPS) is 11.4. The summed E-state index contributed by atoms with van der Waals surface area (Å²) in [6, 6.07) is 1.97. The molecule has 2 N–H and O–H groups in total. The Bertz CT molecular complexity index is 819. The fourth-order valence-electron chi connectivity index (χ4n) is 1.60. The number of halogens is 2. The number of anilines is 1. The van der Waals surface area contributed by atoms with Gasteiger partial charge in [-0.2, -0.15) is 5.10 Å². The topological polar surface area (TPSA) is 101 Å². The summed E-state index contributed by atoms with van der Waals surface area (Å²) in [5.74, 6) is -2.89. The van der Waals surface area contributed by atoms with Gasteiger partial charge < -0.3 is 5.11 Å². The van der Waals surface area contributed by atoms with Gasteiger partial charge in [0.2, 0.25) is 0 Å². The quantitative estimate of drug-likeness (QED) is 0.845. The standard InChI is InChI=1S/C11H9BrFN3O4S/c1-16-5-7(4-14-16)15-21(19,20)9-3-6(12)2-8(10(9)13)11(17)18/h2-5,15H,1H3,(H,17,18). The van der Waals surface area contributed by atoms with Crippen LogP contribution in [-0.2, 0) is 17.1 Å². The maximum atomic E-state index is 14.1. The zero-order valence-electron chi connectivity index (χ0n) is 10.5. The van der Waals surface area contributed by atoms with Gasteiger partial charge in [0.1, 0.15) is 4.90 Å². The number of nitrogens with zero attached hydrogens (tertiary/aromatic N) is 2. The molecule has 1 heterocycles. The minimum Gasteiger partial charge on any atom is -0.478 e. The summed E-state index contributed by atoms with van der Waals surface area (Å²) in [5, 5.41) is 12.7. The van der Waals surface area contributed by atoms with Crippen molar-refractivity contribution in [1.82, 2.24) is 9.78 Å². The minimum atomic E-state index is -4.28. The third kappa shape index (κ3) is 3.22. The molecule has 1 aromatic carbocycles. The largest absolute Gasteiger partial charge is 0.478 e. The second-order valence-corrected chi connectivity index (χ2v) is 6.65. The molecule has 0 saturated heterocycles. The van der Waals surface area contributed by atoms with Crippen LogP contribution >= 0.6 is 15.9 Å². The van der Waals surface area contributed by atoms with Crippen LogP contribution in [0.3, 0.4) is 0 Å². The number of aromatic carboxylic acids is 1. The highest BCUT2D eigenvalue weighted by Gasteiger charge is 2.25. The zero-order chi connectivity index (χ0) is 15.8. The first-order valence-electron chi connectivity index (χ1n) is 5.44. The van der Waals surface area contributed by atoms with Gasteiger partial charge in [0.25, 0.3) is 10.0 Å². The van der Waals surface area contributed by atoms with Crippen molar-refractivity contribution in [2.45, 2.75) is 4.90 Å². The Morgan fingerprint density at radius 3 is 2.67 bits per heavy atom. The highest BCUT2D eigenvalue weighted by atomic mass is 79.9. The van der Waals surface area contributed by atoms with E-state index in [1.807, 2.05) is 0 Å². The molecular formula is C11H9BrFN3O4S. The van der Waals surface area contributed by atoms with E-state index in [0.717, 1.165) is 12.1 Å². The monoisotopic (exact) mass is 377 g/mol. The fraction of sp³-hybridized carbons (Fsp3) is 0.0909. The smallest absolute Gasteiger partial charge is 0.338 e. The third-order valence-corrected chi connectivity index (χ3v) is 4.32. The van der Waals surface area contributed by atoms with Crippen LogP contribution in [0.15, 0.2) is 33.9 Å². The molecule has 0 amide bonds.